The third-order valence-electron chi connectivity index (χ3n) is 3.17. The van der Waals surface area contributed by atoms with Crippen molar-refractivity contribution in [3.05, 3.63) is 30.3 Å². The highest BCUT2D eigenvalue weighted by Crippen LogP contribution is 2.24. The number of hydrazine groups is 1. The van der Waals surface area contributed by atoms with Gasteiger partial charge in [-0.25, -0.2) is 0 Å². The molecule has 0 aromatic heterocycles. The van der Waals surface area contributed by atoms with Gasteiger partial charge in [-0.15, -0.1) is 0 Å². The molecule has 21 heavy (non-hydrogen) atoms. The smallest absolute Gasteiger partial charge is 0.269 e. The lowest BCUT2D eigenvalue weighted by atomic mass is 10.1. The lowest BCUT2D eigenvalue weighted by Crippen LogP contribution is -2.48. The van der Waals surface area contributed by atoms with Crippen LogP contribution in [0.3, 0.4) is 0 Å². The van der Waals surface area contributed by atoms with Gasteiger partial charge in [0.05, 0.1) is 5.69 Å². The van der Waals surface area contributed by atoms with Gasteiger partial charge in [0.15, 0.2) is 12.4 Å². The number of hydrogen-bond donors (Lipinski definition) is 5. The summed E-state index contributed by atoms with van der Waals surface area (Å²) in [6.07, 6.45) is -6.78. The number of rotatable bonds is 5. The molecule has 1 saturated heterocycles. The number of methoxy groups -OCH3 is 1. The van der Waals surface area contributed by atoms with Gasteiger partial charge in [-0.1, -0.05) is 18.2 Å². The van der Waals surface area contributed by atoms with E-state index in [4.69, 9.17) is 9.47 Å². The molecular weight excluding hydrogens is 280 g/mol. The Bertz CT molecular complexity index is 471. The second-order valence-corrected chi connectivity index (χ2v) is 4.61. The molecule has 1 aliphatic rings. The van der Waals surface area contributed by atoms with Gasteiger partial charge in [0, 0.05) is 7.11 Å². The predicted octanol–water partition coefficient (Wildman–Crippen LogP) is -1.42. The highest BCUT2D eigenvalue weighted by atomic mass is 16.7. The van der Waals surface area contributed by atoms with E-state index in [0.717, 1.165) is 0 Å². The Morgan fingerprint density at radius 1 is 1.29 bits per heavy atom. The molecule has 1 aromatic rings. The van der Waals surface area contributed by atoms with Crippen LogP contribution in [-0.2, 0) is 14.3 Å². The van der Waals surface area contributed by atoms with Crippen molar-refractivity contribution < 1.29 is 29.6 Å². The standard InChI is InChI=1S/C13H18N2O6/c1-20-13-9(17)8(16)11(21-13)10(18)12(19)15-14-7-5-3-2-4-6-7/h2-6,8-11,13-14,16-18H,1H3,(H,15,19)/t8-,9+,10-,11+,13+/m0/s1. The minimum Gasteiger partial charge on any atom is -0.387 e. The molecule has 1 fully saturated rings. The molecular formula is C13H18N2O6. The number of carbonyl (C=O) groups is 1. The van der Waals surface area contributed by atoms with E-state index < -0.39 is 36.6 Å². The van der Waals surface area contributed by atoms with E-state index in [9.17, 15) is 20.1 Å². The minimum atomic E-state index is -1.66. The van der Waals surface area contributed by atoms with E-state index in [-0.39, 0.29) is 0 Å². The fraction of sp³-hybridized carbons (Fsp3) is 0.462. The SMILES string of the molecule is CO[C@@H]1O[C@@H]([C@H](O)C(=O)NNc2ccccc2)[C@@H](O)[C@H]1O. The van der Waals surface area contributed by atoms with Crippen LogP contribution in [0.15, 0.2) is 30.3 Å². The van der Waals surface area contributed by atoms with Gasteiger partial charge in [-0.05, 0) is 12.1 Å². The average molecular weight is 298 g/mol. The van der Waals surface area contributed by atoms with Gasteiger partial charge >= 0.3 is 0 Å². The van der Waals surface area contributed by atoms with Crippen molar-refractivity contribution in [1.82, 2.24) is 5.43 Å². The number of aliphatic hydroxyl groups excluding tert-OH is 3. The molecule has 1 aliphatic heterocycles. The first-order chi connectivity index (χ1) is 10.0. The number of benzene rings is 1. The largest absolute Gasteiger partial charge is 0.387 e. The molecule has 1 amide bonds. The van der Waals surface area contributed by atoms with Gasteiger partial charge in [0.25, 0.3) is 5.91 Å². The van der Waals surface area contributed by atoms with Gasteiger partial charge in [0.2, 0.25) is 0 Å². The van der Waals surface area contributed by atoms with Crippen LogP contribution in [0.5, 0.6) is 0 Å². The fourth-order valence-corrected chi connectivity index (χ4v) is 2.01. The molecule has 0 saturated carbocycles. The highest BCUT2D eigenvalue weighted by Gasteiger charge is 2.48. The normalized spacial score (nSPS) is 29.9. The molecule has 1 aromatic carbocycles. The zero-order valence-corrected chi connectivity index (χ0v) is 11.3. The molecule has 0 bridgehead atoms. The van der Waals surface area contributed by atoms with Crippen LogP contribution in [-0.4, -0.2) is 59.0 Å². The van der Waals surface area contributed by atoms with Gasteiger partial charge < -0.3 is 24.8 Å². The summed E-state index contributed by atoms with van der Waals surface area (Å²) < 4.78 is 9.90. The van der Waals surface area contributed by atoms with Gasteiger partial charge in [0.1, 0.15) is 18.3 Å². The van der Waals surface area contributed by atoms with Crippen LogP contribution in [0.2, 0.25) is 0 Å². The quantitative estimate of drug-likeness (QED) is 0.423. The topological polar surface area (TPSA) is 120 Å². The summed E-state index contributed by atoms with van der Waals surface area (Å²) in [4.78, 5) is 11.8. The molecule has 8 heteroatoms. The second kappa shape index (κ2) is 6.83. The molecule has 0 unspecified atom stereocenters. The Balaban J connectivity index is 1.90. The van der Waals surface area contributed by atoms with Crippen molar-refractivity contribution in [2.45, 2.75) is 30.7 Å². The number of hydrogen-bond acceptors (Lipinski definition) is 7. The number of anilines is 1. The third-order valence-corrected chi connectivity index (χ3v) is 3.17. The molecule has 5 atom stereocenters. The molecule has 0 aliphatic carbocycles. The zero-order chi connectivity index (χ0) is 15.4. The molecule has 0 radical (unpaired) electrons. The maximum absolute atomic E-state index is 11.8. The average Bonchev–Trinajstić information content (AvgIpc) is 2.80. The van der Waals surface area contributed by atoms with Gasteiger partial charge in [-0.3, -0.25) is 15.6 Å². The second-order valence-electron chi connectivity index (χ2n) is 4.61. The number of nitrogens with one attached hydrogen (secondary N) is 2. The van der Waals surface area contributed by atoms with Crippen LogP contribution in [0, 0.1) is 0 Å². The number of aliphatic hydroxyl groups is 3. The summed E-state index contributed by atoms with van der Waals surface area (Å²) in [6, 6.07) is 8.80. The summed E-state index contributed by atoms with van der Waals surface area (Å²) in [5, 5.41) is 29.2. The molecule has 116 valence electrons. The molecule has 0 spiro atoms. The number of carbonyl (C=O) groups excluding carboxylic acids is 1. The minimum absolute atomic E-state index is 0.626. The van der Waals surface area contributed by atoms with E-state index in [2.05, 4.69) is 10.9 Å². The summed E-state index contributed by atoms with van der Waals surface area (Å²) in [5.41, 5.74) is 5.53. The van der Waals surface area contributed by atoms with Crippen LogP contribution in [0.25, 0.3) is 0 Å². The number of para-hydroxylation sites is 1. The summed E-state index contributed by atoms with van der Waals surface area (Å²) in [6.45, 7) is 0. The van der Waals surface area contributed by atoms with E-state index >= 15 is 0 Å². The van der Waals surface area contributed by atoms with Crippen molar-refractivity contribution in [2.75, 3.05) is 12.5 Å². The van der Waals surface area contributed by atoms with E-state index in [1.54, 1.807) is 24.3 Å². The van der Waals surface area contributed by atoms with E-state index in [0.29, 0.717) is 5.69 Å². The Labute approximate surface area is 121 Å². The summed E-state index contributed by atoms with van der Waals surface area (Å²) in [5.74, 6) is -0.799. The van der Waals surface area contributed by atoms with Crippen molar-refractivity contribution in [3.8, 4) is 0 Å². The lowest BCUT2D eigenvalue weighted by Gasteiger charge is -2.20. The molecule has 2 rings (SSSR count). The van der Waals surface area contributed by atoms with Crippen molar-refractivity contribution >= 4 is 11.6 Å². The lowest BCUT2D eigenvalue weighted by molar-refractivity contribution is -0.169. The Kier molecular flexibility index (Phi) is 5.10. The summed E-state index contributed by atoms with van der Waals surface area (Å²) in [7, 11) is 1.28. The Hall–Kier alpha value is -1.71. The van der Waals surface area contributed by atoms with Crippen molar-refractivity contribution in [1.29, 1.82) is 0 Å². The van der Waals surface area contributed by atoms with Gasteiger partial charge in [-0.2, -0.15) is 0 Å². The fourth-order valence-electron chi connectivity index (χ4n) is 2.01. The Morgan fingerprint density at radius 2 is 1.95 bits per heavy atom. The van der Waals surface area contributed by atoms with E-state index in [1.165, 1.54) is 7.11 Å². The first-order valence-corrected chi connectivity index (χ1v) is 6.38. The number of amides is 1. The van der Waals surface area contributed by atoms with Crippen LogP contribution >= 0.6 is 0 Å². The third kappa shape index (κ3) is 3.49. The van der Waals surface area contributed by atoms with Crippen LogP contribution in [0.1, 0.15) is 0 Å². The number of ether oxygens (including phenoxy) is 2. The molecule has 8 nitrogen and oxygen atoms in total. The molecule has 5 N–H and O–H groups in total. The van der Waals surface area contributed by atoms with Crippen LogP contribution < -0.4 is 10.9 Å². The van der Waals surface area contributed by atoms with E-state index in [1.807, 2.05) is 6.07 Å². The first-order valence-electron chi connectivity index (χ1n) is 6.38. The Morgan fingerprint density at radius 3 is 2.52 bits per heavy atom. The first kappa shape index (κ1) is 15.7. The highest BCUT2D eigenvalue weighted by molar-refractivity contribution is 5.82. The maximum Gasteiger partial charge on any atom is 0.269 e. The summed E-state index contributed by atoms with van der Waals surface area (Å²) >= 11 is 0. The van der Waals surface area contributed by atoms with Crippen molar-refractivity contribution in [2.24, 2.45) is 0 Å². The van der Waals surface area contributed by atoms with Crippen molar-refractivity contribution in [3.63, 3.8) is 0 Å². The zero-order valence-electron chi connectivity index (χ0n) is 11.3. The predicted molar refractivity (Wildman–Crippen MR) is 71.9 cm³/mol. The van der Waals surface area contributed by atoms with Crippen LogP contribution in [0.4, 0.5) is 5.69 Å². The monoisotopic (exact) mass is 298 g/mol. The molecule has 1 heterocycles. The maximum atomic E-state index is 11.8.